The van der Waals surface area contributed by atoms with Gasteiger partial charge in [0, 0.05) is 22.9 Å². The fourth-order valence-corrected chi connectivity index (χ4v) is 3.10. The van der Waals surface area contributed by atoms with Crippen LogP contribution in [0.5, 0.6) is 0 Å². The van der Waals surface area contributed by atoms with Gasteiger partial charge in [0.25, 0.3) is 5.91 Å². The third-order valence-corrected chi connectivity index (χ3v) is 4.41. The lowest BCUT2D eigenvalue weighted by atomic mass is 10.1. The van der Waals surface area contributed by atoms with E-state index in [-0.39, 0.29) is 17.9 Å². The fourth-order valence-electron chi connectivity index (χ4n) is 2.31. The van der Waals surface area contributed by atoms with Crippen molar-refractivity contribution in [1.29, 1.82) is 0 Å². The van der Waals surface area contributed by atoms with Crippen LogP contribution in [0, 0.1) is 0 Å². The number of benzene rings is 1. The van der Waals surface area contributed by atoms with Gasteiger partial charge in [0.1, 0.15) is 5.76 Å². The lowest BCUT2D eigenvalue weighted by Crippen LogP contribution is -2.34. The van der Waals surface area contributed by atoms with Crippen molar-refractivity contribution < 1.29 is 14.0 Å². The Labute approximate surface area is 132 Å². The van der Waals surface area contributed by atoms with Gasteiger partial charge in [-0.15, -0.1) is 11.8 Å². The maximum absolute atomic E-state index is 12.3. The average Bonchev–Trinajstić information content (AvgIpc) is 2.99. The van der Waals surface area contributed by atoms with Crippen LogP contribution in [0.1, 0.15) is 23.0 Å². The SMILES string of the molecule is CC(Cc1ccco1)NC(=O)c1ccc2c(c1)NC(=O)CS2. The van der Waals surface area contributed by atoms with E-state index in [0.717, 1.165) is 10.7 Å². The summed E-state index contributed by atoms with van der Waals surface area (Å²) in [5.41, 5.74) is 1.24. The summed E-state index contributed by atoms with van der Waals surface area (Å²) in [7, 11) is 0. The van der Waals surface area contributed by atoms with Gasteiger partial charge in [-0.05, 0) is 37.3 Å². The Bertz CT molecular complexity index is 697. The monoisotopic (exact) mass is 316 g/mol. The van der Waals surface area contributed by atoms with Crippen molar-refractivity contribution in [2.75, 3.05) is 11.1 Å². The summed E-state index contributed by atoms with van der Waals surface area (Å²) in [6, 6.07) is 9.03. The lowest BCUT2D eigenvalue weighted by Gasteiger charge is -2.18. The molecule has 2 amide bonds. The van der Waals surface area contributed by atoms with Crippen molar-refractivity contribution in [1.82, 2.24) is 5.32 Å². The van der Waals surface area contributed by atoms with Gasteiger partial charge in [0.15, 0.2) is 0 Å². The summed E-state index contributed by atoms with van der Waals surface area (Å²) < 4.78 is 5.28. The van der Waals surface area contributed by atoms with E-state index in [1.807, 2.05) is 25.1 Å². The number of hydrogen-bond acceptors (Lipinski definition) is 4. The number of anilines is 1. The standard InChI is InChI=1S/C16H16N2O3S/c1-10(7-12-3-2-6-21-12)17-16(20)11-4-5-14-13(8-11)18-15(19)9-22-14/h2-6,8,10H,7,9H2,1H3,(H,17,20)(H,18,19). The number of furan rings is 1. The lowest BCUT2D eigenvalue weighted by molar-refractivity contribution is -0.113. The quantitative estimate of drug-likeness (QED) is 0.910. The van der Waals surface area contributed by atoms with E-state index in [9.17, 15) is 9.59 Å². The molecular weight excluding hydrogens is 300 g/mol. The zero-order chi connectivity index (χ0) is 15.5. The number of carbonyl (C=O) groups excluding carboxylic acids is 2. The fraction of sp³-hybridized carbons (Fsp3) is 0.250. The van der Waals surface area contributed by atoms with Crippen molar-refractivity contribution in [3.63, 3.8) is 0 Å². The van der Waals surface area contributed by atoms with Crippen LogP contribution in [0.3, 0.4) is 0 Å². The summed E-state index contributed by atoms with van der Waals surface area (Å²) in [4.78, 5) is 24.7. The zero-order valence-corrected chi connectivity index (χ0v) is 12.9. The van der Waals surface area contributed by atoms with Gasteiger partial charge >= 0.3 is 0 Å². The van der Waals surface area contributed by atoms with E-state index in [2.05, 4.69) is 10.6 Å². The average molecular weight is 316 g/mol. The molecule has 0 saturated heterocycles. The molecule has 2 aromatic rings. The number of rotatable bonds is 4. The molecule has 0 bridgehead atoms. The van der Waals surface area contributed by atoms with Crippen LogP contribution >= 0.6 is 11.8 Å². The Morgan fingerprint density at radius 1 is 1.45 bits per heavy atom. The van der Waals surface area contributed by atoms with Gasteiger partial charge in [0.05, 0.1) is 17.7 Å². The molecule has 2 N–H and O–H groups in total. The molecule has 0 spiro atoms. The highest BCUT2D eigenvalue weighted by atomic mass is 32.2. The number of hydrogen-bond donors (Lipinski definition) is 2. The summed E-state index contributed by atoms with van der Waals surface area (Å²) in [5, 5.41) is 5.72. The minimum atomic E-state index is -0.160. The van der Waals surface area contributed by atoms with Gasteiger partial charge in [0.2, 0.25) is 5.91 Å². The summed E-state index contributed by atoms with van der Waals surface area (Å²) in [6.45, 7) is 1.93. The highest BCUT2D eigenvalue weighted by Crippen LogP contribution is 2.31. The predicted octanol–water partition coefficient (Wildman–Crippen LogP) is 2.68. The molecule has 0 saturated carbocycles. The number of thioether (sulfide) groups is 1. The Hall–Kier alpha value is -2.21. The molecule has 114 valence electrons. The topological polar surface area (TPSA) is 71.3 Å². The van der Waals surface area contributed by atoms with E-state index >= 15 is 0 Å². The molecule has 6 heteroatoms. The molecular formula is C16H16N2O3S. The first kappa shape index (κ1) is 14.7. The molecule has 22 heavy (non-hydrogen) atoms. The van der Waals surface area contributed by atoms with Crippen LogP contribution in [0.2, 0.25) is 0 Å². The van der Waals surface area contributed by atoms with Crippen molar-refractivity contribution in [3.8, 4) is 0 Å². The van der Waals surface area contributed by atoms with E-state index in [1.54, 1.807) is 18.4 Å². The number of amides is 2. The zero-order valence-electron chi connectivity index (χ0n) is 12.1. The minimum absolute atomic E-state index is 0.0405. The van der Waals surface area contributed by atoms with Gasteiger partial charge in [-0.25, -0.2) is 0 Å². The Morgan fingerprint density at radius 3 is 3.09 bits per heavy atom. The predicted molar refractivity (Wildman–Crippen MR) is 85.1 cm³/mol. The molecule has 1 unspecified atom stereocenters. The smallest absolute Gasteiger partial charge is 0.251 e. The molecule has 0 fully saturated rings. The van der Waals surface area contributed by atoms with Crippen LogP contribution in [0.4, 0.5) is 5.69 Å². The largest absolute Gasteiger partial charge is 0.469 e. The Morgan fingerprint density at radius 2 is 2.32 bits per heavy atom. The van der Waals surface area contributed by atoms with Crippen LogP contribution in [0.15, 0.2) is 45.9 Å². The molecule has 1 aromatic heterocycles. The van der Waals surface area contributed by atoms with E-state index in [0.29, 0.717) is 23.4 Å². The first-order valence-corrected chi connectivity index (χ1v) is 8.00. The molecule has 1 aromatic carbocycles. The van der Waals surface area contributed by atoms with E-state index in [4.69, 9.17) is 4.42 Å². The minimum Gasteiger partial charge on any atom is -0.469 e. The first-order valence-electron chi connectivity index (χ1n) is 7.02. The molecule has 2 heterocycles. The first-order chi connectivity index (χ1) is 10.6. The molecule has 0 aliphatic carbocycles. The Kier molecular flexibility index (Phi) is 4.20. The third-order valence-electron chi connectivity index (χ3n) is 3.34. The Balaban J connectivity index is 1.67. The van der Waals surface area contributed by atoms with Crippen LogP contribution in [-0.2, 0) is 11.2 Å². The molecule has 1 aliphatic rings. The molecule has 1 atom stereocenters. The maximum atomic E-state index is 12.3. The highest BCUT2D eigenvalue weighted by molar-refractivity contribution is 8.00. The van der Waals surface area contributed by atoms with Crippen LogP contribution in [-0.4, -0.2) is 23.6 Å². The second-order valence-corrected chi connectivity index (χ2v) is 6.22. The van der Waals surface area contributed by atoms with Gasteiger partial charge in [-0.2, -0.15) is 0 Å². The number of fused-ring (bicyclic) bond motifs is 1. The highest BCUT2D eigenvalue weighted by Gasteiger charge is 2.18. The van der Waals surface area contributed by atoms with Crippen molar-refractivity contribution in [2.45, 2.75) is 24.3 Å². The van der Waals surface area contributed by atoms with Gasteiger partial charge in [-0.3, -0.25) is 9.59 Å². The summed E-state index contributed by atoms with van der Waals surface area (Å²) >= 11 is 1.48. The number of carbonyl (C=O) groups is 2. The van der Waals surface area contributed by atoms with Crippen molar-refractivity contribution in [3.05, 3.63) is 47.9 Å². The van der Waals surface area contributed by atoms with Crippen LogP contribution in [0.25, 0.3) is 0 Å². The van der Waals surface area contributed by atoms with Crippen molar-refractivity contribution >= 4 is 29.3 Å². The molecule has 3 rings (SSSR count). The maximum Gasteiger partial charge on any atom is 0.251 e. The van der Waals surface area contributed by atoms with Gasteiger partial charge in [-0.1, -0.05) is 0 Å². The summed E-state index contributed by atoms with van der Waals surface area (Å²) in [6.07, 6.45) is 2.25. The normalized spacial score (nSPS) is 14.9. The van der Waals surface area contributed by atoms with E-state index < -0.39 is 0 Å². The molecule has 5 nitrogen and oxygen atoms in total. The third kappa shape index (κ3) is 3.33. The summed E-state index contributed by atoms with van der Waals surface area (Å²) in [5.74, 6) is 1.05. The molecule has 0 radical (unpaired) electrons. The second kappa shape index (κ2) is 6.27. The van der Waals surface area contributed by atoms with Gasteiger partial charge < -0.3 is 15.1 Å². The van der Waals surface area contributed by atoms with Crippen LogP contribution < -0.4 is 10.6 Å². The molecule has 1 aliphatic heterocycles. The van der Waals surface area contributed by atoms with Crippen molar-refractivity contribution in [2.24, 2.45) is 0 Å². The van der Waals surface area contributed by atoms with E-state index in [1.165, 1.54) is 11.8 Å². The number of nitrogens with one attached hydrogen (secondary N) is 2. The second-order valence-electron chi connectivity index (χ2n) is 5.21.